The predicted molar refractivity (Wildman–Crippen MR) is 132 cm³/mol. The van der Waals surface area contributed by atoms with Gasteiger partial charge in [-0.25, -0.2) is 0 Å². The number of hydrogen-bond donors (Lipinski definition) is 2. The van der Waals surface area contributed by atoms with E-state index in [2.05, 4.69) is 23.6 Å². The molecular formula is C26H56N2O2. The summed E-state index contributed by atoms with van der Waals surface area (Å²) >= 11 is 0. The molecule has 0 spiro atoms. The Labute approximate surface area is 189 Å². The summed E-state index contributed by atoms with van der Waals surface area (Å²) in [5, 5.41) is 17.7. The summed E-state index contributed by atoms with van der Waals surface area (Å²) in [6.45, 7) is 12.8. The molecule has 4 nitrogen and oxygen atoms in total. The topological polar surface area (TPSA) is 46.9 Å². The van der Waals surface area contributed by atoms with E-state index in [-0.39, 0.29) is 0 Å². The van der Waals surface area contributed by atoms with Crippen molar-refractivity contribution in [3.63, 3.8) is 0 Å². The minimum Gasteiger partial charge on any atom is -0.396 e. The molecule has 0 aromatic rings. The van der Waals surface area contributed by atoms with Crippen LogP contribution in [0, 0.1) is 0 Å². The van der Waals surface area contributed by atoms with Gasteiger partial charge in [0.05, 0.1) is 0 Å². The van der Waals surface area contributed by atoms with Crippen LogP contribution in [-0.4, -0.2) is 72.5 Å². The molecule has 0 bridgehead atoms. The van der Waals surface area contributed by atoms with Crippen molar-refractivity contribution >= 4 is 0 Å². The molecule has 0 aliphatic rings. The van der Waals surface area contributed by atoms with Gasteiger partial charge >= 0.3 is 0 Å². The monoisotopic (exact) mass is 428 g/mol. The largest absolute Gasteiger partial charge is 0.396 e. The molecular weight excluding hydrogens is 372 g/mol. The van der Waals surface area contributed by atoms with Crippen LogP contribution in [-0.2, 0) is 0 Å². The van der Waals surface area contributed by atoms with Gasteiger partial charge in [-0.2, -0.15) is 0 Å². The van der Waals surface area contributed by atoms with Crippen LogP contribution >= 0.6 is 0 Å². The zero-order chi connectivity index (χ0) is 22.1. The van der Waals surface area contributed by atoms with Crippen molar-refractivity contribution in [2.24, 2.45) is 0 Å². The first kappa shape index (κ1) is 29.8. The Bertz CT molecular complexity index is 285. The van der Waals surface area contributed by atoms with Gasteiger partial charge in [0.25, 0.3) is 0 Å². The third-order valence-corrected chi connectivity index (χ3v) is 6.15. The molecule has 0 aromatic carbocycles. The SMILES string of the molecule is CCCCN(CCCCCCCCO)CCN(CCCC)CCCCCCCCO. The number of nitrogens with zero attached hydrogens (tertiary/aromatic N) is 2. The van der Waals surface area contributed by atoms with Gasteiger partial charge in [0.2, 0.25) is 0 Å². The molecule has 4 heteroatoms. The van der Waals surface area contributed by atoms with Crippen molar-refractivity contribution in [1.29, 1.82) is 0 Å². The minimum atomic E-state index is 0.350. The minimum absolute atomic E-state index is 0.350. The van der Waals surface area contributed by atoms with Crippen molar-refractivity contribution in [2.45, 2.75) is 117 Å². The number of hydrogen-bond acceptors (Lipinski definition) is 4. The quantitative estimate of drug-likeness (QED) is 0.179. The normalized spacial score (nSPS) is 11.8. The van der Waals surface area contributed by atoms with Crippen molar-refractivity contribution < 1.29 is 10.2 Å². The van der Waals surface area contributed by atoms with Gasteiger partial charge < -0.3 is 20.0 Å². The maximum Gasteiger partial charge on any atom is 0.0431 e. The van der Waals surface area contributed by atoms with Gasteiger partial charge in [-0.05, 0) is 64.7 Å². The molecule has 30 heavy (non-hydrogen) atoms. The Morgan fingerprint density at radius 3 is 1.00 bits per heavy atom. The highest BCUT2D eigenvalue weighted by atomic mass is 16.3. The molecule has 182 valence electrons. The third kappa shape index (κ3) is 21.1. The number of aliphatic hydroxyl groups is 2. The Hall–Kier alpha value is -0.160. The molecule has 0 aliphatic heterocycles. The standard InChI is InChI=1S/C26H56N2O2/c1-3-5-19-27(21-15-11-7-9-13-17-25-29)23-24-28(20-6-4-2)22-16-12-8-10-14-18-26-30/h29-30H,3-26H2,1-2H3. The van der Waals surface area contributed by atoms with E-state index in [0.717, 1.165) is 12.8 Å². The van der Waals surface area contributed by atoms with Gasteiger partial charge in [-0.3, -0.25) is 0 Å². The first-order valence-electron chi connectivity index (χ1n) is 13.4. The van der Waals surface area contributed by atoms with Crippen molar-refractivity contribution in [1.82, 2.24) is 9.80 Å². The second-order valence-corrected chi connectivity index (χ2v) is 9.08. The first-order chi connectivity index (χ1) is 14.8. The Kier molecular flexibility index (Phi) is 25.0. The first-order valence-corrected chi connectivity index (χ1v) is 13.4. The van der Waals surface area contributed by atoms with E-state index in [1.54, 1.807) is 0 Å². The number of unbranched alkanes of at least 4 members (excludes halogenated alkanes) is 12. The highest BCUT2D eigenvalue weighted by molar-refractivity contribution is 4.65. The van der Waals surface area contributed by atoms with Crippen molar-refractivity contribution in [2.75, 3.05) is 52.5 Å². The van der Waals surface area contributed by atoms with Gasteiger partial charge in [-0.15, -0.1) is 0 Å². The highest BCUT2D eigenvalue weighted by Gasteiger charge is 2.09. The second-order valence-electron chi connectivity index (χ2n) is 9.08. The van der Waals surface area contributed by atoms with Crippen LogP contribution in [0.4, 0.5) is 0 Å². The summed E-state index contributed by atoms with van der Waals surface area (Å²) in [6.07, 6.45) is 20.0. The van der Waals surface area contributed by atoms with Gasteiger partial charge in [0.15, 0.2) is 0 Å². The van der Waals surface area contributed by atoms with E-state index in [0.29, 0.717) is 13.2 Å². The van der Waals surface area contributed by atoms with Crippen LogP contribution < -0.4 is 0 Å². The molecule has 0 fully saturated rings. The lowest BCUT2D eigenvalue weighted by Gasteiger charge is -2.28. The third-order valence-electron chi connectivity index (χ3n) is 6.15. The summed E-state index contributed by atoms with van der Waals surface area (Å²) in [4.78, 5) is 5.43. The van der Waals surface area contributed by atoms with Crippen LogP contribution in [0.2, 0.25) is 0 Å². The summed E-state index contributed by atoms with van der Waals surface area (Å²) < 4.78 is 0. The molecule has 0 rings (SSSR count). The zero-order valence-electron chi connectivity index (χ0n) is 20.8. The molecule has 0 aromatic heterocycles. The van der Waals surface area contributed by atoms with E-state index in [9.17, 15) is 0 Å². The number of rotatable bonds is 25. The smallest absolute Gasteiger partial charge is 0.0431 e. The van der Waals surface area contributed by atoms with E-state index in [4.69, 9.17) is 10.2 Å². The fourth-order valence-corrected chi connectivity index (χ4v) is 4.03. The summed E-state index contributed by atoms with van der Waals surface area (Å²) in [5.41, 5.74) is 0. The molecule has 0 amide bonds. The van der Waals surface area contributed by atoms with Crippen LogP contribution in [0.25, 0.3) is 0 Å². The summed E-state index contributed by atoms with van der Waals surface area (Å²) in [6, 6.07) is 0. The zero-order valence-corrected chi connectivity index (χ0v) is 20.8. The Balaban J connectivity index is 4.11. The Morgan fingerprint density at radius 1 is 0.367 bits per heavy atom. The van der Waals surface area contributed by atoms with Crippen molar-refractivity contribution in [3.05, 3.63) is 0 Å². The van der Waals surface area contributed by atoms with E-state index >= 15 is 0 Å². The lowest BCUT2D eigenvalue weighted by Crippen LogP contribution is -2.37. The lowest BCUT2D eigenvalue weighted by atomic mass is 10.1. The number of aliphatic hydroxyl groups excluding tert-OH is 2. The summed E-state index contributed by atoms with van der Waals surface area (Å²) in [7, 11) is 0. The maximum atomic E-state index is 8.87. The molecule has 2 N–H and O–H groups in total. The molecule has 0 atom stereocenters. The molecule has 0 unspecified atom stereocenters. The van der Waals surface area contributed by atoms with E-state index in [1.165, 1.54) is 129 Å². The molecule has 0 saturated heterocycles. The average Bonchev–Trinajstić information content (AvgIpc) is 2.76. The maximum absolute atomic E-state index is 8.87. The Morgan fingerprint density at radius 2 is 0.667 bits per heavy atom. The lowest BCUT2D eigenvalue weighted by molar-refractivity contribution is 0.194. The fourth-order valence-electron chi connectivity index (χ4n) is 4.03. The molecule has 0 aliphatic carbocycles. The molecule has 0 heterocycles. The summed E-state index contributed by atoms with van der Waals surface area (Å²) in [5.74, 6) is 0. The van der Waals surface area contributed by atoms with E-state index < -0.39 is 0 Å². The predicted octanol–water partition coefficient (Wildman–Crippen LogP) is 5.86. The highest BCUT2D eigenvalue weighted by Crippen LogP contribution is 2.09. The molecule has 0 saturated carbocycles. The van der Waals surface area contributed by atoms with Crippen LogP contribution in [0.5, 0.6) is 0 Å². The van der Waals surface area contributed by atoms with Crippen LogP contribution in [0.15, 0.2) is 0 Å². The van der Waals surface area contributed by atoms with E-state index in [1.807, 2.05) is 0 Å². The fraction of sp³-hybridized carbons (Fsp3) is 1.00. The second kappa shape index (κ2) is 25.1. The van der Waals surface area contributed by atoms with Gasteiger partial charge in [0, 0.05) is 26.3 Å². The van der Waals surface area contributed by atoms with Crippen LogP contribution in [0.1, 0.15) is 117 Å². The van der Waals surface area contributed by atoms with Crippen LogP contribution in [0.3, 0.4) is 0 Å². The van der Waals surface area contributed by atoms with Crippen molar-refractivity contribution in [3.8, 4) is 0 Å². The average molecular weight is 429 g/mol. The molecule has 0 radical (unpaired) electrons. The van der Waals surface area contributed by atoms with Gasteiger partial charge in [0.1, 0.15) is 0 Å². The van der Waals surface area contributed by atoms with Gasteiger partial charge in [-0.1, -0.05) is 78.1 Å².